The summed E-state index contributed by atoms with van der Waals surface area (Å²) in [6, 6.07) is 1.98. The van der Waals surface area contributed by atoms with Gasteiger partial charge in [-0.2, -0.15) is 0 Å². The summed E-state index contributed by atoms with van der Waals surface area (Å²) in [4.78, 5) is 12.4. The minimum Gasteiger partial charge on any atom is -0.383 e. The fraction of sp³-hybridized carbons (Fsp3) is 0.571. The third-order valence-corrected chi connectivity index (χ3v) is 4.29. The van der Waals surface area contributed by atoms with Gasteiger partial charge in [-0.15, -0.1) is 11.3 Å². The Kier molecular flexibility index (Phi) is 4.71. The van der Waals surface area contributed by atoms with E-state index in [-0.39, 0.29) is 0 Å². The fourth-order valence-corrected chi connectivity index (χ4v) is 2.86. The molecule has 2 aromatic heterocycles. The molecule has 0 radical (unpaired) electrons. The van der Waals surface area contributed by atoms with Crippen molar-refractivity contribution in [3.05, 3.63) is 17.3 Å². The van der Waals surface area contributed by atoms with E-state index in [1.807, 2.05) is 11.4 Å². The molecule has 0 saturated heterocycles. The minimum atomic E-state index is 0.598. The van der Waals surface area contributed by atoms with Crippen molar-refractivity contribution in [1.82, 2.24) is 14.9 Å². The lowest BCUT2D eigenvalue weighted by Crippen LogP contribution is -2.28. The van der Waals surface area contributed by atoms with E-state index >= 15 is 0 Å². The second kappa shape index (κ2) is 6.30. The van der Waals surface area contributed by atoms with Gasteiger partial charge in [0.25, 0.3) is 0 Å². The molecule has 0 spiro atoms. The molecule has 0 aliphatic heterocycles. The van der Waals surface area contributed by atoms with Crippen molar-refractivity contribution >= 4 is 27.4 Å². The first-order chi connectivity index (χ1) is 9.13. The number of thiophene rings is 1. The van der Waals surface area contributed by atoms with Crippen LogP contribution in [-0.2, 0) is 6.54 Å². The number of anilines is 1. The lowest BCUT2D eigenvalue weighted by atomic mass is 10.1. The molecule has 0 aromatic carbocycles. The molecule has 0 fully saturated rings. The molecule has 2 rings (SSSR count). The van der Waals surface area contributed by atoms with Gasteiger partial charge in [0.2, 0.25) is 0 Å². The normalized spacial score (nSPS) is 13.3. The number of hydrogen-bond acceptors (Lipinski definition) is 5. The molecule has 2 aromatic rings. The highest BCUT2D eigenvalue weighted by Crippen LogP contribution is 2.23. The summed E-state index contributed by atoms with van der Waals surface area (Å²) in [5.41, 5.74) is 5.98. The van der Waals surface area contributed by atoms with Crippen molar-refractivity contribution in [1.29, 1.82) is 0 Å². The molecule has 0 aliphatic carbocycles. The van der Waals surface area contributed by atoms with Gasteiger partial charge in [0, 0.05) is 6.54 Å². The number of rotatable bonds is 6. The maximum absolute atomic E-state index is 5.98. The highest BCUT2D eigenvalue weighted by Gasteiger charge is 2.12. The van der Waals surface area contributed by atoms with Gasteiger partial charge in [-0.1, -0.05) is 27.2 Å². The van der Waals surface area contributed by atoms with Crippen molar-refractivity contribution in [2.75, 3.05) is 18.8 Å². The first kappa shape index (κ1) is 14.2. The summed E-state index contributed by atoms with van der Waals surface area (Å²) >= 11 is 1.62. The van der Waals surface area contributed by atoms with Crippen LogP contribution >= 0.6 is 11.3 Å². The molecule has 0 aliphatic rings. The lowest BCUT2D eigenvalue weighted by molar-refractivity contribution is 0.233. The average Bonchev–Trinajstić information content (AvgIpc) is 2.86. The Morgan fingerprint density at radius 2 is 2.16 bits per heavy atom. The van der Waals surface area contributed by atoms with Gasteiger partial charge < -0.3 is 5.73 Å². The number of nitrogens with two attached hydrogens (primary N) is 1. The Morgan fingerprint density at radius 1 is 1.37 bits per heavy atom. The molecule has 0 bridgehead atoms. The highest BCUT2D eigenvalue weighted by molar-refractivity contribution is 7.16. The SMILES string of the molecule is CCC(C)CN(CC)Cc1nc(N)c2ccsc2n1. The van der Waals surface area contributed by atoms with E-state index in [4.69, 9.17) is 5.73 Å². The van der Waals surface area contributed by atoms with Crippen molar-refractivity contribution in [2.24, 2.45) is 5.92 Å². The number of nitrogens with zero attached hydrogens (tertiary/aromatic N) is 3. The number of hydrogen-bond donors (Lipinski definition) is 1. The first-order valence-corrected chi connectivity index (χ1v) is 7.73. The Bertz CT molecular complexity index is 537. The molecule has 2 heterocycles. The molecular formula is C14H22N4S. The van der Waals surface area contributed by atoms with Gasteiger partial charge in [0.15, 0.2) is 0 Å². The van der Waals surface area contributed by atoms with Gasteiger partial charge in [-0.3, -0.25) is 4.90 Å². The molecule has 2 N–H and O–H groups in total. The summed E-state index contributed by atoms with van der Waals surface area (Å²) in [6.07, 6.45) is 1.20. The van der Waals surface area contributed by atoms with E-state index in [1.54, 1.807) is 11.3 Å². The molecule has 1 unspecified atom stereocenters. The van der Waals surface area contributed by atoms with Crippen LogP contribution in [0, 0.1) is 5.92 Å². The maximum atomic E-state index is 5.98. The summed E-state index contributed by atoms with van der Waals surface area (Å²) in [5.74, 6) is 2.13. The Labute approximate surface area is 118 Å². The second-order valence-corrected chi connectivity index (χ2v) is 5.90. The van der Waals surface area contributed by atoms with Crippen molar-refractivity contribution < 1.29 is 0 Å². The molecule has 4 nitrogen and oxygen atoms in total. The highest BCUT2D eigenvalue weighted by atomic mass is 32.1. The zero-order valence-electron chi connectivity index (χ0n) is 11.9. The van der Waals surface area contributed by atoms with E-state index in [9.17, 15) is 0 Å². The van der Waals surface area contributed by atoms with Crippen molar-refractivity contribution in [3.8, 4) is 0 Å². The first-order valence-electron chi connectivity index (χ1n) is 6.86. The number of nitrogen functional groups attached to an aromatic ring is 1. The topological polar surface area (TPSA) is 55.0 Å². The van der Waals surface area contributed by atoms with Crippen LogP contribution in [0.4, 0.5) is 5.82 Å². The summed E-state index contributed by atoms with van der Waals surface area (Å²) in [6.45, 7) is 9.55. The van der Waals surface area contributed by atoms with E-state index in [0.29, 0.717) is 11.7 Å². The summed E-state index contributed by atoms with van der Waals surface area (Å²) in [7, 11) is 0. The van der Waals surface area contributed by atoms with Gasteiger partial charge in [0.1, 0.15) is 16.5 Å². The smallest absolute Gasteiger partial charge is 0.146 e. The second-order valence-electron chi connectivity index (χ2n) is 5.01. The van der Waals surface area contributed by atoms with Crippen LogP contribution in [0.3, 0.4) is 0 Å². The predicted octanol–water partition coefficient (Wildman–Crippen LogP) is 3.14. The van der Waals surface area contributed by atoms with Gasteiger partial charge in [-0.05, 0) is 23.9 Å². The molecule has 104 valence electrons. The monoisotopic (exact) mass is 278 g/mol. The Balaban J connectivity index is 2.14. The largest absolute Gasteiger partial charge is 0.383 e. The van der Waals surface area contributed by atoms with E-state index in [1.165, 1.54) is 6.42 Å². The fourth-order valence-electron chi connectivity index (χ4n) is 2.07. The molecule has 0 saturated carbocycles. The van der Waals surface area contributed by atoms with Gasteiger partial charge in [0.05, 0.1) is 11.9 Å². The van der Waals surface area contributed by atoms with Crippen LogP contribution in [0.2, 0.25) is 0 Å². The molecular weight excluding hydrogens is 256 g/mol. The zero-order chi connectivity index (χ0) is 13.8. The third kappa shape index (κ3) is 3.42. The quantitative estimate of drug-likeness (QED) is 0.882. The molecule has 1 atom stereocenters. The molecule has 19 heavy (non-hydrogen) atoms. The average molecular weight is 278 g/mol. The van der Waals surface area contributed by atoms with Crippen molar-refractivity contribution in [2.45, 2.75) is 33.7 Å². The molecule has 5 heteroatoms. The zero-order valence-corrected chi connectivity index (χ0v) is 12.7. The number of fused-ring (bicyclic) bond motifs is 1. The van der Waals surface area contributed by atoms with Crippen molar-refractivity contribution in [3.63, 3.8) is 0 Å². The summed E-state index contributed by atoms with van der Waals surface area (Å²) < 4.78 is 0. The van der Waals surface area contributed by atoms with Crippen LogP contribution in [-0.4, -0.2) is 28.0 Å². The van der Waals surface area contributed by atoms with Crippen LogP contribution in [0.15, 0.2) is 11.4 Å². The van der Waals surface area contributed by atoms with Crippen LogP contribution in [0.25, 0.3) is 10.2 Å². The van der Waals surface area contributed by atoms with Crippen LogP contribution < -0.4 is 5.73 Å². The minimum absolute atomic E-state index is 0.598. The summed E-state index contributed by atoms with van der Waals surface area (Å²) in [5, 5.41) is 2.98. The standard InChI is InChI=1S/C14H22N4S/c1-4-10(3)8-18(5-2)9-12-16-13(15)11-6-7-19-14(11)17-12/h6-7,10H,4-5,8-9H2,1-3H3,(H2,15,16,17). The van der Waals surface area contributed by atoms with Crippen LogP contribution in [0.1, 0.15) is 33.0 Å². The predicted molar refractivity (Wildman–Crippen MR) is 82.2 cm³/mol. The van der Waals surface area contributed by atoms with E-state index in [2.05, 4.69) is 35.6 Å². The van der Waals surface area contributed by atoms with E-state index in [0.717, 1.165) is 35.7 Å². The van der Waals surface area contributed by atoms with Crippen LogP contribution in [0.5, 0.6) is 0 Å². The molecule has 0 amide bonds. The Morgan fingerprint density at radius 3 is 2.84 bits per heavy atom. The maximum Gasteiger partial charge on any atom is 0.146 e. The third-order valence-electron chi connectivity index (χ3n) is 3.48. The van der Waals surface area contributed by atoms with E-state index < -0.39 is 0 Å². The number of aromatic nitrogens is 2. The van der Waals surface area contributed by atoms with Gasteiger partial charge in [-0.25, -0.2) is 9.97 Å². The Hall–Kier alpha value is -1.20. The van der Waals surface area contributed by atoms with Gasteiger partial charge >= 0.3 is 0 Å². The lowest BCUT2D eigenvalue weighted by Gasteiger charge is -2.22.